The Morgan fingerprint density at radius 3 is 3.08 bits per heavy atom. The molecule has 1 aliphatic heterocycles. The average molecular weight is 344 g/mol. The van der Waals surface area contributed by atoms with Crippen molar-refractivity contribution in [3.8, 4) is 0 Å². The SMILES string of the molecule is Cc1cccn2c(=O)c(C(=O)NCC3CCCCN3CCO)cnc12. The van der Waals surface area contributed by atoms with Gasteiger partial charge in [-0.25, -0.2) is 4.98 Å². The Hall–Kier alpha value is -2.25. The molecule has 7 nitrogen and oxygen atoms in total. The van der Waals surface area contributed by atoms with Gasteiger partial charge in [0.1, 0.15) is 11.2 Å². The zero-order valence-electron chi connectivity index (χ0n) is 14.4. The number of aryl methyl sites for hydroxylation is 1. The number of aliphatic hydroxyl groups excluding tert-OH is 1. The second-order valence-electron chi connectivity index (χ2n) is 6.48. The van der Waals surface area contributed by atoms with Crippen molar-refractivity contribution in [2.45, 2.75) is 32.2 Å². The Kier molecular flexibility index (Phi) is 5.45. The fourth-order valence-electron chi connectivity index (χ4n) is 3.42. The molecule has 25 heavy (non-hydrogen) atoms. The number of carbonyl (C=O) groups is 1. The maximum absolute atomic E-state index is 12.6. The van der Waals surface area contributed by atoms with Crippen LogP contribution in [0.5, 0.6) is 0 Å². The first-order chi connectivity index (χ1) is 12.1. The highest BCUT2D eigenvalue weighted by Gasteiger charge is 2.23. The number of fused-ring (bicyclic) bond motifs is 1. The predicted molar refractivity (Wildman–Crippen MR) is 94.8 cm³/mol. The third kappa shape index (κ3) is 3.72. The molecule has 0 spiro atoms. The van der Waals surface area contributed by atoms with Crippen molar-refractivity contribution in [1.82, 2.24) is 19.6 Å². The minimum atomic E-state index is -0.400. The summed E-state index contributed by atoms with van der Waals surface area (Å²) in [5.41, 5.74) is 1.13. The molecule has 1 saturated heterocycles. The van der Waals surface area contributed by atoms with Crippen molar-refractivity contribution in [3.63, 3.8) is 0 Å². The van der Waals surface area contributed by atoms with E-state index in [1.165, 1.54) is 10.6 Å². The molecule has 0 saturated carbocycles. The second-order valence-corrected chi connectivity index (χ2v) is 6.48. The Bertz CT molecular complexity index is 816. The van der Waals surface area contributed by atoms with Crippen LogP contribution in [0.15, 0.2) is 29.3 Å². The summed E-state index contributed by atoms with van der Waals surface area (Å²) >= 11 is 0. The molecule has 0 bridgehead atoms. The van der Waals surface area contributed by atoms with Gasteiger partial charge in [-0.3, -0.25) is 18.9 Å². The Morgan fingerprint density at radius 2 is 2.28 bits per heavy atom. The van der Waals surface area contributed by atoms with E-state index in [1.807, 2.05) is 13.0 Å². The molecule has 3 rings (SSSR count). The molecule has 1 aliphatic rings. The Labute approximate surface area is 146 Å². The first-order valence-corrected chi connectivity index (χ1v) is 8.72. The number of β-amino-alcohol motifs (C(OH)–C–C–N with tert-alkyl or cyclic N) is 1. The highest BCUT2D eigenvalue weighted by molar-refractivity contribution is 5.93. The molecular formula is C18H24N4O3. The van der Waals surface area contributed by atoms with Crippen LogP contribution in [0.1, 0.15) is 35.2 Å². The number of nitrogens with zero attached hydrogens (tertiary/aromatic N) is 3. The van der Waals surface area contributed by atoms with Crippen molar-refractivity contribution in [2.75, 3.05) is 26.2 Å². The van der Waals surface area contributed by atoms with Gasteiger partial charge in [0.05, 0.1) is 6.61 Å². The lowest BCUT2D eigenvalue weighted by molar-refractivity contribution is 0.0887. The number of hydrogen-bond acceptors (Lipinski definition) is 5. The first kappa shape index (κ1) is 17.6. The molecule has 0 aromatic carbocycles. The standard InChI is InChI=1S/C18H24N4O3/c1-13-5-4-8-22-16(13)19-12-15(18(22)25)17(24)20-11-14-6-2-3-7-21(14)9-10-23/h4-5,8,12,14,23H,2-3,6-7,9-11H2,1H3,(H,20,24). The van der Waals surface area contributed by atoms with E-state index in [-0.39, 0.29) is 23.8 Å². The van der Waals surface area contributed by atoms with E-state index in [9.17, 15) is 9.59 Å². The van der Waals surface area contributed by atoms with Crippen molar-refractivity contribution in [2.24, 2.45) is 0 Å². The Balaban J connectivity index is 1.74. The maximum atomic E-state index is 12.6. The summed E-state index contributed by atoms with van der Waals surface area (Å²) in [6.45, 7) is 4.00. The largest absolute Gasteiger partial charge is 0.395 e. The molecule has 2 aromatic heterocycles. The van der Waals surface area contributed by atoms with Crippen LogP contribution in [0.2, 0.25) is 0 Å². The summed E-state index contributed by atoms with van der Waals surface area (Å²) in [5, 5.41) is 12.0. The van der Waals surface area contributed by atoms with Crippen LogP contribution in [0.3, 0.4) is 0 Å². The van der Waals surface area contributed by atoms with Crippen molar-refractivity contribution in [1.29, 1.82) is 0 Å². The number of amides is 1. The number of likely N-dealkylation sites (tertiary alicyclic amines) is 1. The van der Waals surface area contributed by atoms with Gasteiger partial charge in [-0.15, -0.1) is 0 Å². The summed E-state index contributed by atoms with van der Waals surface area (Å²) in [4.78, 5) is 31.5. The molecule has 1 unspecified atom stereocenters. The van der Waals surface area contributed by atoms with Crippen LogP contribution in [0.4, 0.5) is 0 Å². The van der Waals surface area contributed by atoms with Gasteiger partial charge in [-0.2, -0.15) is 0 Å². The molecule has 1 fully saturated rings. The van der Waals surface area contributed by atoms with Crippen LogP contribution < -0.4 is 10.9 Å². The molecule has 1 amide bonds. The zero-order chi connectivity index (χ0) is 17.8. The molecule has 134 valence electrons. The number of aromatic nitrogens is 2. The number of carbonyl (C=O) groups excluding carboxylic acids is 1. The summed E-state index contributed by atoms with van der Waals surface area (Å²) in [7, 11) is 0. The highest BCUT2D eigenvalue weighted by Crippen LogP contribution is 2.16. The quantitative estimate of drug-likeness (QED) is 0.828. The summed E-state index contributed by atoms with van der Waals surface area (Å²) < 4.78 is 1.41. The van der Waals surface area contributed by atoms with Gasteiger partial charge < -0.3 is 10.4 Å². The van der Waals surface area contributed by atoms with E-state index in [4.69, 9.17) is 5.11 Å². The normalized spacial score (nSPS) is 18.4. The lowest BCUT2D eigenvalue weighted by Crippen LogP contribution is -2.48. The summed E-state index contributed by atoms with van der Waals surface area (Å²) in [5.74, 6) is -0.400. The van der Waals surface area contributed by atoms with E-state index in [0.29, 0.717) is 18.7 Å². The van der Waals surface area contributed by atoms with E-state index >= 15 is 0 Å². The zero-order valence-corrected chi connectivity index (χ0v) is 14.4. The highest BCUT2D eigenvalue weighted by atomic mass is 16.3. The van der Waals surface area contributed by atoms with Crippen LogP contribution in [0.25, 0.3) is 5.65 Å². The maximum Gasteiger partial charge on any atom is 0.270 e. The molecule has 7 heteroatoms. The van der Waals surface area contributed by atoms with Gasteiger partial charge in [0.2, 0.25) is 0 Å². The number of hydrogen-bond donors (Lipinski definition) is 2. The van der Waals surface area contributed by atoms with Crippen LogP contribution >= 0.6 is 0 Å². The van der Waals surface area contributed by atoms with Gasteiger partial charge >= 0.3 is 0 Å². The molecular weight excluding hydrogens is 320 g/mol. The monoisotopic (exact) mass is 344 g/mol. The van der Waals surface area contributed by atoms with E-state index in [1.54, 1.807) is 12.3 Å². The van der Waals surface area contributed by atoms with Crippen molar-refractivity contribution < 1.29 is 9.90 Å². The van der Waals surface area contributed by atoms with E-state index in [2.05, 4.69) is 15.2 Å². The first-order valence-electron chi connectivity index (χ1n) is 8.72. The summed E-state index contributed by atoms with van der Waals surface area (Å²) in [6, 6.07) is 3.84. The third-order valence-electron chi connectivity index (χ3n) is 4.81. The Morgan fingerprint density at radius 1 is 1.44 bits per heavy atom. The van der Waals surface area contributed by atoms with E-state index < -0.39 is 5.91 Å². The molecule has 2 aromatic rings. The van der Waals surface area contributed by atoms with Gasteiger partial charge in [0.25, 0.3) is 11.5 Å². The molecule has 0 radical (unpaired) electrons. The fourth-order valence-corrected chi connectivity index (χ4v) is 3.42. The fraction of sp³-hybridized carbons (Fsp3) is 0.500. The van der Waals surface area contributed by atoms with Crippen molar-refractivity contribution >= 4 is 11.6 Å². The number of piperidine rings is 1. The molecule has 1 atom stereocenters. The van der Waals surface area contributed by atoms with Crippen LogP contribution in [0, 0.1) is 6.92 Å². The van der Waals surface area contributed by atoms with E-state index in [0.717, 1.165) is 31.4 Å². The van der Waals surface area contributed by atoms with Gasteiger partial charge in [-0.1, -0.05) is 12.5 Å². The predicted octanol–water partition coefficient (Wildman–Crippen LogP) is 0.580. The van der Waals surface area contributed by atoms with Crippen molar-refractivity contribution in [3.05, 3.63) is 46.0 Å². The number of nitrogens with one attached hydrogen (secondary N) is 1. The molecule has 3 heterocycles. The van der Waals surface area contributed by atoms with Crippen LogP contribution in [-0.2, 0) is 0 Å². The third-order valence-corrected chi connectivity index (χ3v) is 4.81. The van der Waals surface area contributed by atoms with Gasteiger partial charge in [0.15, 0.2) is 0 Å². The molecule has 2 N–H and O–H groups in total. The minimum absolute atomic E-state index is 0.0487. The lowest BCUT2D eigenvalue weighted by atomic mass is 10.0. The second kappa shape index (κ2) is 7.76. The smallest absolute Gasteiger partial charge is 0.270 e. The van der Waals surface area contributed by atoms with Crippen LogP contribution in [-0.4, -0.2) is 57.6 Å². The molecule has 0 aliphatic carbocycles. The summed E-state index contributed by atoms with van der Waals surface area (Å²) in [6.07, 6.45) is 6.18. The lowest BCUT2D eigenvalue weighted by Gasteiger charge is -2.35. The number of aliphatic hydroxyl groups is 1. The average Bonchev–Trinajstić information content (AvgIpc) is 2.62. The number of rotatable bonds is 5. The topological polar surface area (TPSA) is 86.9 Å². The number of pyridine rings is 1. The minimum Gasteiger partial charge on any atom is -0.395 e. The van der Waals surface area contributed by atoms with Gasteiger partial charge in [-0.05, 0) is 37.9 Å². The van der Waals surface area contributed by atoms with Gasteiger partial charge in [0, 0.05) is 31.5 Å².